The molecule has 1 heterocycles. The number of benzene rings is 1. The molecular formula is C13H20N2. The molecule has 15 heavy (non-hydrogen) atoms. The Bertz CT molecular complexity index is 286. The van der Waals surface area contributed by atoms with Gasteiger partial charge in [0.2, 0.25) is 0 Å². The minimum Gasteiger partial charge on any atom is -0.399 e. The van der Waals surface area contributed by atoms with Crippen LogP contribution in [0.3, 0.4) is 0 Å². The number of hydrogen-bond donors (Lipinski definition) is 2. The smallest absolute Gasteiger partial charge is 0.0314 e. The molecule has 1 aromatic carbocycles. The van der Waals surface area contributed by atoms with Gasteiger partial charge in [0.15, 0.2) is 0 Å². The molecule has 2 heteroatoms. The fourth-order valence-electron chi connectivity index (χ4n) is 2.23. The summed E-state index contributed by atoms with van der Waals surface area (Å²) in [6.45, 7) is 2.41. The predicted molar refractivity (Wildman–Crippen MR) is 64.8 cm³/mol. The molecule has 2 nitrogen and oxygen atoms in total. The Hall–Kier alpha value is -1.02. The predicted octanol–water partition coefficient (Wildman–Crippen LogP) is 2.20. The van der Waals surface area contributed by atoms with Crippen molar-refractivity contribution in [2.75, 3.05) is 18.8 Å². The van der Waals surface area contributed by atoms with E-state index in [0.29, 0.717) is 0 Å². The van der Waals surface area contributed by atoms with E-state index in [2.05, 4.69) is 17.4 Å². The third kappa shape index (κ3) is 3.24. The lowest BCUT2D eigenvalue weighted by atomic mass is 9.93. The second-order valence-corrected chi connectivity index (χ2v) is 4.49. The number of aryl methyl sites for hydroxylation is 1. The summed E-state index contributed by atoms with van der Waals surface area (Å²) in [4.78, 5) is 0. The number of rotatable bonds is 3. The molecule has 1 aromatic rings. The van der Waals surface area contributed by atoms with Crippen molar-refractivity contribution in [1.82, 2.24) is 5.32 Å². The second-order valence-electron chi connectivity index (χ2n) is 4.49. The van der Waals surface area contributed by atoms with Gasteiger partial charge >= 0.3 is 0 Å². The third-order valence-corrected chi connectivity index (χ3v) is 3.22. The monoisotopic (exact) mass is 204 g/mol. The number of hydrogen-bond acceptors (Lipinski definition) is 2. The van der Waals surface area contributed by atoms with Crippen LogP contribution >= 0.6 is 0 Å². The van der Waals surface area contributed by atoms with Gasteiger partial charge in [0.1, 0.15) is 0 Å². The summed E-state index contributed by atoms with van der Waals surface area (Å²) in [6.07, 6.45) is 5.22. The molecule has 0 aliphatic carbocycles. The van der Waals surface area contributed by atoms with E-state index in [4.69, 9.17) is 5.73 Å². The molecular weight excluding hydrogens is 184 g/mol. The number of anilines is 1. The molecule has 0 aromatic heterocycles. The van der Waals surface area contributed by atoms with E-state index in [-0.39, 0.29) is 0 Å². The van der Waals surface area contributed by atoms with E-state index in [0.717, 1.165) is 11.6 Å². The van der Waals surface area contributed by atoms with Crippen molar-refractivity contribution in [3.63, 3.8) is 0 Å². The van der Waals surface area contributed by atoms with Gasteiger partial charge in [0, 0.05) is 5.69 Å². The zero-order valence-corrected chi connectivity index (χ0v) is 9.21. The van der Waals surface area contributed by atoms with Gasteiger partial charge in [-0.3, -0.25) is 0 Å². The van der Waals surface area contributed by atoms with Crippen molar-refractivity contribution in [3.8, 4) is 0 Å². The van der Waals surface area contributed by atoms with Crippen LogP contribution < -0.4 is 11.1 Å². The maximum absolute atomic E-state index is 5.66. The van der Waals surface area contributed by atoms with Crippen LogP contribution in [-0.2, 0) is 6.42 Å². The normalized spacial score (nSPS) is 21.5. The summed E-state index contributed by atoms with van der Waals surface area (Å²) in [5, 5.41) is 3.46. The Morgan fingerprint density at radius 1 is 1.27 bits per heavy atom. The van der Waals surface area contributed by atoms with Gasteiger partial charge in [0.25, 0.3) is 0 Å². The minimum atomic E-state index is 0.859. The van der Waals surface area contributed by atoms with Gasteiger partial charge in [-0.25, -0.2) is 0 Å². The molecule has 1 atom stereocenters. The Morgan fingerprint density at radius 2 is 2.07 bits per heavy atom. The van der Waals surface area contributed by atoms with E-state index in [1.807, 2.05) is 12.1 Å². The highest BCUT2D eigenvalue weighted by Gasteiger charge is 2.12. The lowest BCUT2D eigenvalue weighted by molar-refractivity contribution is 0.358. The number of piperidine rings is 1. The van der Waals surface area contributed by atoms with E-state index in [1.165, 1.54) is 44.3 Å². The molecule has 0 saturated carbocycles. The molecule has 2 rings (SSSR count). The third-order valence-electron chi connectivity index (χ3n) is 3.22. The molecule has 1 unspecified atom stereocenters. The van der Waals surface area contributed by atoms with Crippen molar-refractivity contribution in [1.29, 1.82) is 0 Å². The molecule has 1 saturated heterocycles. The van der Waals surface area contributed by atoms with E-state index in [1.54, 1.807) is 0 Å². The largest absolute Gasteiger partial charge is 0.399 e. The SMILES string of the molecule is Nc1ccc(CCC2CCCNC2)cc1. The Kier molecular flexibility index (Phi) is 3.62. The van der Waals surface area contributed by atoms with Crippen LogP contribution in [0.4, 0.5) is 5.69 Å². The first-order valence-corrected chi connectivity index (χ1v) is 5.90. The van der Waals surface area contributed by atoms with Gasteiger partial charge in [-0.15, -0.1) is 0 Å². The van der Waals surface area contributed by atoms with Gasteiger partial charge in [-0.1, -0.05) is 12.1 Å². The number of nitrogens with two attached hydrogens (primary N) is 1. The highest BCUT2D eigenvalue weighted by atomic mass is 14.9. The highest BCUT2D eigenvalue weighted by molar-refractivity contribution is 5.39. The van der Waals surface area contributed by atoms with Gasteiger partial charge < -0.3 is 11.1 Å². The first-order valence-electron chi connectivity index (χ1n) is 5.90. The van der Waals surface area contributed by atoms with Crippen molar-refractivity contribution >= 4 is 5.69 Å². The van der Waals surface area contributed by atoms with Crippen LogP contribution in [0, 0.1) is 5.92 Å². The molecule has 0 bridgehead atoms. The zero-order chi connectivity index (χ0) is 10.5. The molecule has 3 N–H and O–H groups in total. The maximum Gasteiger partial charge on any atom is 0.0314 e. The number of nitrogen functional groups attached to an aromatic ring is 1. The first-order chi connectivity index (χ1) is 7.34. The van der Waals surface area contributed by atoms with E-state index in [9.17, 15) is 0 Å². The van der Waals surface area contributed by atoms with Crippen LogP contribution in [0.1, 0.15) is 24.8 Å². The molecule has 1 fully saturated rings. The quantitative estimate of drug-likeness (QED) is 0.741. The average molecular weight is 204 g/mol. The van der Waals surface area contributed by atoms with Crippen LogP contribution in [0.25, 0.3) is 0 Å². The van der Waals surface area contributed by atoms with Crippen LogP contribution in [0.15, 0.2) is 24.3 Å². The van der Waals surface area contributed by atoms with Crippen molar-refractivity contribution in [2.45, 2.75) is 25.7 Å². The maximum atomic E-state index is 5.66. The fraction of sp³-hybridized carbons (Fsp3) is 0.538. The van der Waals surface area contributed by atoms with Crippen molar-refractivity contribution < 1.29 is 0 Å². The summed E-state index contributed by atoms with van der Waals surface area (Å²) in [6, 6.07) is 8.28. The van der Waals surface area contributed by atoms with Gasteiger partial charge in [-0.05, 0) is 62.4 Å². The lowest BCUT2D eigenvalue weighted by Crippen LogP contribution is -2.29. The fourth-order valence-corrected chi connectivity index (χ4v) is 2.23. The first kappa shape index (κ1) is 10.5. The number of nitrogens with one attached hydrogen (secondary N) is 1. The molecule has 82 valence electrons. The Labute approximate surface area is 91.9 Å². The van der Waals surface area contributed by atoms with Gasteiger partial charge in [-0.2, -0.15) is 0 Å². The Balaban J connectivity index is 1.79. The molecule has 1 aliphatic heterocycles. The topological polar surface area (TPSA) is 38.0 Å². The highest BCUT2D eigenvalue weighted by Crippen LogP contribution is 2.17. The summed E-state index contributed by atoms with van der Waals surface area (Å²) in [7, 11) is 0. The summed E-state index contributed by atoms with van der Waals surface area (Å²) >= 11 is 0. The second kappa shape index (κ2) is 5.17. The molecule has 0 radical (unpaired) electrons. The molecule has 1 aliphatic rings. The summed E-state index contributed by atoms with van der Waals surface area (Å²) in [5.74, 6) is 0.872. The van der Waals surface area contributed by atoms with E-state index >= 15 is 0 Å². The molecule has 0 amide bonds. The zero-order valence-electron chi connectivity index (χ0n) is 9.21. The van der Waals surface area contributed by atoms with Crippen molar-refractivity contribution in [2.24, 2.45) is 5.92 Å². The van der Waals surface area contributed by atoms with Crippen LogP contribution in [0.5, 0.6) is 0 Å². The Morgan fingerprint density at radius 3 is 2.73 bits per heavy atom. The standard InChI is InChI=1S/C13H20N2/c14-13-7-5-11(6-8-13)3-4-12-2-1-9-15-10-12/h5-8,12,15H,1-4,9-10,14H2. The summed E-state index contributed by atoms with van der Waals surface area (Å²) in [5.41, 5.74) is 7.93. The average Bonchev–Trinajstić information content (AvgIpc) is 2.30. The van der Waals surface area contributed by atoms with Gasteiger partial charge in [0.05, 0.1) is 0 Å². The summed E-state index contributed by atoms with van der Waals surface area (Å²) < 4.78 is 0. The minimum absolute atomic E-state index is 0.859. The van der Waals surface area contributed by atoms with Crippen molar-refractivity contribution in [3.05, 3.63) is 29.8 Å². The van der Waals surface area contributed by atoms with Crippen LogP contribution in [-0.4, -0.2) is 13.1 Å². The molecule has 0 spiro atoms. The van der Waals surface area contributed by atoms with Crippen LogP contribution in [0.2, 0.25) is 0 Å². The van der Waals surface area contributed by atoms with E-state index < -0.39 is 0 Å². The lowest BCUT2D eigenvalue weighted by Gasteiger charge is -2.22.